The van der Waals surface area contributed by atoms with Crippen molar-refractivity contribution in [1.82, 2.24) is 0 Å². The van der Waals surface area contributed by atoms with Crippen LogP contribution in [0.2, 0.25) is 0 Å². The Balaban J connectivity index is 2.88. The fraction of sp³-hybridized carbons (Fsp3) is 0.600. The van der Waals surface area contributed by atoms with E-state index in [4.69, 9.17) is 10.5 Å². The van der Waals surface area contributed by atoms with Crippen molar-refractivity contribution >= 4 is 28.2 Å². The van der Waals surface area contributed by atoms with Gasteiger partial charge in [-0.1, -0.05) is 20.8 Å². The minimum absolute atomic E-state index is 0.265. The summed E-state index contributed by atoms with van der Waals surface area (Å²) < 4.78 is 5.02. The molecule has 3 N–H and O–H groups in total. The topological polar surface area (TPSA) is 81.4 Å². The quantitative estimate of drug-likeness (QED) is 0.759. The molecule has 0 aliphatic carbocycles. The summed E-state index contributed by atoms with van der Waals surface area (Å²) in [5.41, 5.74) is 6.27. The maximum Gasteiger partial charge on any atom is 0.341 e. The molecule has 0 saturated carbocycles. The summed E-state index contributed by atoms with van der Waals surface area (Å²) in [6.07, 6.45) is 1.40. The summed E-state index contributed by atoms with van der Waals surface area (Å²) in [7, 11) is 0. The van der Waals surface area contributed by atoms with Gasteiger partial charge < -0.3 is 15.8 Å². The van der Waals surface area contributed by atoms with Gasteiger partial charge in [-0.2, -0.15) is 0 Å². The van der Waals surface area contributed by atoms with E-state index in [-0.39, 0.29) is 5.91 Å². The zero-order valence-electron chi connectivity index (χ0n) is 13.1. The molecule has 0 unspecified atom stereocenters. The number of anilines is 1. The number of amides is 1. The second-order valence-corrected chi connectivity index (χ2v) is 6.39. The molecule has 6 heteroatoms. The SMILES string of the molecule is CCOC(=O)c1cc(CC)sc1NC(=O)[C@H](N)CC(C)C. The molecule has 118 valence electrons. The van der Waals surface area contributed by atoms with Gasteiger partial charge in [-0.3, -0.25) is 4.79 Å². The number of carbonyl (C=O) groups excluding carboxylic acids is 2. The molecule has 1 heterocycles. The summed E-state index contributed by atoms with van der Waals surface area (Å²) in [5.74, 6) is -0.343. The van der Waals surface area contributed by atoms with Gasteiger partial charge in [0, 0.05) is 4.88 Å². The first kappa shape index (κ1) is 17.7. The molecule has 1 rings (SSSR count). The van der Waals surface area contributed by atoms with Gasteiger partial charge in [0.1, 0.15) is 5.00 Å². The van der Waals surface area contributed by atoms with E-state index >= 15 is 0 Å². The number of nitrogens with one attached hydrogen (secondary N) is 1. The van der Waals surface area contributed by atoms with Crippen LogP contribution in [0.3, 0.4) is 0 Å². The molecule has 1 amide bonds. The van der Waals surface area contributed by atoms with Crippen molar-refractivity contribution in [2.75, 3.05) is 11.9 Å². The lowest BCUT2D eigenvalue weighted by Crippen LogP contribution is -2.36. The summed E-state index contributed by atoms with van der Waals surface area (Å²) in [6.45, 7) is 8.07. The van der Waals surface area contributed by atoms with Gasteiger partial charge in [-0.05, 0) is 31.7 Å². The van der Waals surface area contributed by atoms with Crippen LogP contribution in [0.25, 0.3) is 0 Å². The second kappa shape index (κ2) is 8.14. The highest BCUT2D eigenvalue weighted by Gasteiger charge is 2.21. The maximum atomic E-state index is 12.1. The van der Waals surface area contributed by atoms with E-state index in [2.05, 4.69) is 5.32 Å². The first-order valence-corrected chi connectivity index (χ1v) is 8.06. The molecule has 0 bridgehead atoms. The Morgan fingerprint density at radius 2 is 2.05 bits per heavy atom. The van der Waals surface area contributed by atoms with Crippen molar-refractivity contribution in [1.29, 1.82) is 0 Å². The van der Waals surface area contributed by atoms with Crippen LogP contribution in [0.15, 0.2) is 6.07 Å². The molecule has 5 nitrogen and oxygen atoms in total. The van der Waals surface area contributed by atoms with Crippen LogP contribution in [0.1, 0.15) is 49.4 Å². The third-order valence-corrected chi connectivity index (χ3v) is 4.12. The molecule has 0 aliphatic heterocycles. The van der Waals surface area contributed by atoms with Crippen molar-refractivity contribution in [3.05, 3.63) is 16.5 Å². The molecular weight excluding hydrogens is 288 g/mol. The van der Waals surface area contributed by atoms with Gasteiger partial charge in [0.25, 0.3) is 0 Å². The molecule has 0 fully saturated rings. The van der Waals surface area contributed by atoms with E-state index in [0.717, 1.165) is 11.3 Å². The number of ether oxygens (including phenoxy) is 1. The molecule has 1 aromatic heterocycles. The van der Waals surface area contributed by atoms with Crippen LogP contribution >= 0.6 is 11.3 Å². The van der Waals surface area contributed by atoms with Crippen molar-refractivity contribution in [2.45, 2.75) is 46.6 Å². The molecular formula is C15H24N2O3S. The maximum absolute atomic E-state index is 12.1. The van der Waals surface area contributed by atoms with E-state index in [1.807, 2.05) is 20.8 Å². The average Bonchev–Trinajstić information content (AvgIpc) is 2.81. The zero-order valence-corrected chi connectivity index (χ0v) is 13.9. The molecule has 21 heavy (non-hydrogen) atoms. The third-order valence-electron chi connectivity index (χ3n) is 2.93. The predicted molar refractivity (Wildman–Crippen MR) is 85.7 cm³/mol. The predicted octanol–water partition coefficient (Wildman–Crippen LogP) is 2.80. The number of carbonyl (C=O) groups is 2. The first-order valence-electron chi connectivity index (χ1n) is 7.25. The first-order chi connectivity index (χ1) is 9.88. The average molecular weight is 312 g/mol. The van der Waals surface area contributed by atoms with Crippen molar-refractivity contribution in [3.8, 4) is 0 Å². The minimum atomic E-state index is -0.577. The molecule has 0 aliphatic rings. The van der Waals surface area contributed by atoms with E-state index in [9.17, 15) is 9.59 Å². The number of rotatable bonds is 7. The van der Waals surface area contributed by atoms with Crippen molar-refractivity contribution < 1.29 is 14.3 Å². The highest BCUT2D eigenvalue weighted by Crippen LogP contribution is 2.29. The Morgan fingerprint density at radius 3 is 2.57 bits per heavy atom. The molecule has 0 aromatic carbocycles. The fourth-order valence-electron chi connectivity index (χ4n) is 1.89. The van der Waals surface area contributed by atoms with Crippen LogP contribution in [0, 0.1) is 5.92 Å². The lowest BCUT2D eigenvalue weighted by atomic mass is 10.0. The number of aryl methyl sites for hydroxylation is 1. The molecule has 0 saturated heterocycles. The Labute approximate surface area is 129 Å². The van der Waals surface area contributed by atoms with Gasteiger partial charge >= 0.3 is 5.97 Å². The Morgan fingerprint density at radius 1 is 1.38 bits per heavy atom. The smallest absolute Gasteiger partial charge is 0.341 e. The lowest BCUT2D eigenvalue weighted by molar-refractivity contribution is -0.117. The monoisotopic (exact) mass is 312 g/mol. The Bertz CT molecular complexity index is 497. The summed E-state index contributed by atoms with van der Waals surface area (Å²) >= 11 is 1.39. The van der Waals surface area contributed by atoms with Gasteiger partial charge in [-0.15, -0.1) is 11.3 Å². The van der Waals surface area contributed by atoms with Gasteiger partial charge in [-0.25, -0.2) is 4.79 Å². The number of thiophene rings is 1. The van der Waals surface area contributed by atoms with E-state index in [1.54, 1.807) is 13.0 Å². The van der Waals surface area contributed by atoms with E-state index in [1.165, 1.54) is 11.3 Å². The normalized spacial score (nSPS) is 12.3. The molecule has 0 radical (unpaired) electrons. The van der Waals surface area contributed by atoms with Crippen LogP contribution in [0.4, 0.5) is 5.00 Å². The lowest BCUT2D eigenvalue weighted by Gasteiger charge is -2.14. The van der Waals surface area contributed by atoms with Crippen molar-refractivity contribution in [2.24, 2.45) is 11.7 Å². The standard InChI is InChI=1S/C15H24N2O3S/c1-5-10-8-11(15(19)20-6-2)14(21-10)17-13(18)12(16)7-9(3)4/h8-9,12H,5-7,16H2,1-4H3,(H,17,18)/t12-/m1/s1. The van der Waals surface area contributed by atoms with Crippen LogP contribution < -0.4 is 11.1 Å². The van der Waals surface area contributed by atoms with Gasteiger partial charge in [0.05, 0.1) is 18.2 Å². The van der Waals surface area contributed by atoms with E-state index in [0.29, 0.717) is 29.5 Å². The highest BCUT2D eigenvalue weighted by molar-refractivity contribution is 7.16. The summed E-state index contributed by atoms with van der Waals surface area (Å²) in [5, 5.41) is 3.29. The van der Waals surface area contributed by atoms with Gasteiger partial charge in [0.15, 0.2) is 0 Å². The van der Waals surface area contributed by atoms with Crippen LogP contribution in [-0.2, 0) is 16.0 Å². The van der Waals surface area contributed by atoms with Crippen LogP contribution in [-0.4, -0.2) is 24.5 Å². The third kappa shape index (κ3) is 5.13. The highest BCUT2D eigenvalue weighted by atomic mass is 32.1. The molecule has 0 spiro atoms. The molecule has 1 aromatic rings. The Kier molecular flexibility index (Phi) is 6.84. The second-order valence-electron chi connectivity index (χ2n) is 5.25. The number of nitrogens with two attached hydrogens (primary N) is 1. The molecule has 1 atom stereocenters. The minimum Gasteiger partial charge on any atom is -0.462 e. The largest absolute Gasteiger partial charge is 0.462 e. The van der Waals surface area contributed by atoms with E-state index < -0.39 is 12.0 Å². The number of esters is 1. The Hall–Kier alpha value is -1.40. The number of hydrogen-bond donors (Lipinski definition) is 2. The summed E-state index contributed by atoms with van der Waals surface area (Å²) in [4.78, 5) is 25.0. The summed E-state index contributed by atoms with van der Waals surface area (Å²) in [6, 6.07) is 1.19. The fourth-order valence-corrected chi connectivity index (χ4v) is 2.88. The van der Waals surface area contributed by atoms with Crippen molar-refractivity contribution in [3.63, 3.8) is 0 Å². The van der Waals surface area contributed by atoms with Gasteiger partial charge in [0.2, 0.25) is 5.91 Å². The zero-order chi connectivity index (χ0) is 16.0. The number of hydrogen-bond acceptors (Lipinski definition) is 5. The van der Waals surface area contributed by atoms with Crippen LogP contribution in [0.5, 0.6) is 0 Å².